The summed E-state index contributed by atoms with van der Waals surface area (Å²) < 4.78 is 28.6. The molecule has 9 aliphatic heterocycles. The number of aryl methyl sites for hydroxylation is 2. The van der Waals surface area contributed by atoms with Crippen LogP contribution in [0.5, 0.6) is 0 Å². The number of likely N-dealkylation sites (tertiary alicyclic amines) is 3. The van der Waals surface area contributed by atoms with Crippen LogP contribution >= 0.6 is 35.3 Å². The number of urea groups is 3. The molecular weight excluding hydrogens is 1580 g/mol. The van der Waals surface area contributed by atoms with Gasteiger partial charge in [-0.1, -0.05) is 156 Å². The average molecular weight is 1700 g/mol. The minimum Gasteiger partial charge on any atom is -0.394 e. The van der Waals surface area contributed by atoms with Crippen molar-refractivity contribution in [3.63, 3.8) is 0 Å². The molecular formula is C93H120F2N12O10S3. The highest BCUT2D eigenvalue weighted by Crippen LogP contribution is 2.50. The molecule has 0 radical (unpaired) electrons. The normalized spacial score (nSPS) is 22.9. The highest BCUT2D eigenvalue weighted by atomic mass is 32.2. The van der Waals surface area contributed by atoms with Crippen molar-refractivity contribution in [2.24, 2.45) is 17.8 Å². The molecule has 1 saturated carbocycles. The van der Waals surface area contributed by atoms with Gasteiger partial charge in [-0.05, 0) is 165 Å². The van der Waals surface area contributed by atoms with Crippen LogP contribution in [0.2, 0.25) is 0 Å². The molecule has 6 aromatic carbocycles. The van der Waals surface area contributed by atoms with Crippen LogP contribution in [0.1, 0.15) is 194 Å². The van der Waals surface area contributed by atoms with Crippen molar-refractivity contribution in [1.29, 1.82) is 0 Å². The van der Waals surface area contributed by atoms with Gasteiger partial charge >= 0.3 is 18.1 Å². The Labute approximate surface area is 720 Å². The van der Waals surface area contributed by atoms with Crippen LogP contribution in [0, 0.1) is 43.2 Å². The average Bonchev–Trinajstić information content (AvgIpc) is 1.52. The summed E-state index contributed by atoms with van der Waals surface area (Å²) in [7, 11) is 0. The quantitative estimate of drug-likeness (QED) is 0.0525. The third-order valence-electron chi connectivity index (χ3n) is 25.6. The van der Waals surface area contributed by atoms with Gasteiger partial charge in [-0.3, -0.25) is 28.8 Å². The van der Waals surface area contributed by atoms with E-state index < -0.39 is 27.5 Å². The van der Waals surface area contributed by atoms with Crippen LogP contribution in [-0.4, -0.2) is 208 Å². The zero-order valence-corrected chi connectivity index (χ0v) is 72.4. The lowest BCUT2D eigenvalue weighted by Crippen LogP contribution is -2.51. The number of aliphatic hydroxyl groups excluding tert-OH is 1. The molecule has 7 fully saturated rings. The van der Waals surface area contributed by atoms with Crippen molar-refractivity contribution < 1.29 is 59.9 Å². The minimum atomic E-state index is -0.663. The van der Waals surface area contributed by atoms with Crippen molar-refractivity contribution in [2.75, 3.05) is 81.5 Å². The van der Waals surface area contributed by atoms with Crippen LogP contribution in [0.25, 0.3) is 0 Å². The number of piperidine rings is 3. The lowest BCUT2D eigenvalue weighted by molar-refractivity contribution is -0.138. The Morgan fingerprint density at radius 1 is 0.483 bits per heavy atom. The predicted molar refractivity (Wildman–Crippen MR) is 472 cm³/mol. The van der Waals surface area contributed by atoms with Crippen LogP contribution in [-0.2, 0) is 48.3 Å². The fourth-order valence-electron chi connectivity index (χ4n) is 19.0. The summed E-state index contributed by atoms with van der Waals surface area (Å²) in [6.45, 7) is 19.1. The van der Waals surface area contributed by atoms with E-state index in [1.165, 1.54) is 58.8 Å². The zero-order valence-electron chi connectivity index (χ0n) is 69.9. The molecule has 4 N–H and O–H groups in total. The molecule has 10 aliphatic rings. The maximum absolute atomic E-state index is 14.9. The second kappa shape index (κ2) is 39.8. The van der Waals surface area contributed by atoms with E-state index >= 15 is 0 Å². The number of para-hydroxylation sites is 3. The number of nitrogens with one attached hydrogen (secondary N) is 3. The molecule has 0 aromatic heterocycles. The number of fused-ring (bicyclic) bond motifs is 3. The van der Waals surface area contributed by atoms with E-state index in [9.17, 15) is 57.0 Å². The van der Waals surface area contributed by atoms with Gasteiger partial charge in [-0.25, -0.2) is 23.2 Å². The zero-order chi connectivity index (χ0) is 84.4. The summed E-state index contributed by atoms with van der Waals surface area (Å²) in [6, 6.07) is 43.0. The maximum atomic E-state index is 14.9. The Balaban J connectivity index is 0.000000166. The number of aliphatic hydroxyl groups is 1. The minimum absolute atomic E-state index is 0. The first-order valence-corrected chi connectivity index (χ1v) is 46.1. The van der Waals surface area contributed by atoms with Gasteiger partial charge < -0.3 is 65.2 Å². The van der Waals surface area contributed by atoms with Crippen molar-refractivity contribution in [1.82, 2.24) is 44.1 Å². The van der Waals surface area contributed by atoms with E-state index in [1.807, 2.05) is 137 Å². The van der Waals surface area contributed by atoms with Gasteiger partial charge in [0.15, 0.2) is 0 Å². The molecule has 12 amide bonds. The second-order valence-electron chi connectivity index (χ2n) is 34.6. The van der Waals surface area contributed by atoms with Gasteiger partial charge in [-0.15, -0.1) is 35.3 Å². The summed E-state index contributed by atoms with van der Waals surface area (Å²) in [6.07, 6.45) is 12.6. The lowest BCUT2D eigenvalue weighted by atomic mass is 9.88. The molecule has 0 bridgehead atoms. The lowest BCUT2D eigenvalue weighted by Gasteiger charge is -2.40. The molecule has 6 unspecified atom stereocenters. The third-order valence-corrected chi connectivity index (χ3v) is 30.0. The van der Waals surface area contributed by atoms with E-state index in [0.717, 1.165) is 96.7 Å². The Morgan fingerprint density at radius 3 is 1.43 bits per heavy atom. The molecule has 644 valence electrons. The Kier molecular flexibility index (Phi) is 28.9. The highest BCUT2D eigenvalue weighted by molar-refractivity contribution is 8.01. The summed E-state index contributed by atoms with van der Waals surface area (Å²) in [5.41, 5.74) is 10.8. The number of amides is 12. The Hall–Kier alpha value is -9.18. The van der Waals surface area contributed by atoms with Gasteiger partial charge in [-0.2, -0.15) is 0 Å². The Bertz CT molecular complexity index is 4660. The summed E-state index contributed by atoms with van der Waals surface area (Å²) in [5, 5.41) is 16.9. The van der Waals surface area contributed by atoms with Crippen molar-refractivity contribution in [3.8, 4) is 0 Å². The van der Waals surface area contributed by atoms with E-state index in [4.69, 9.17) is 0 Å². The first kappa shape index (κ1) is 87.2. The fourth-order valence-corrected chi connectivity index (χ4v) is 23.6. The number of carbonyl (C=O) groups is 9. The first-order valence-electron chi connectivity index (χ1n) is 43.3. The predicted octanol–water partition coefficient (Wildman–Crippen LogP) is 16.6. The topological polar surface area (TPSA) is 239 Å². The largest absolute Gasteiger partial charge is 0.394 e. The number of benzene rings is 6. The van der Waals surface area contributed by atoms with E-state index in [1.54, 1.807) is 21.6 Å². The molecule has 6 saturated heterocycles. The molecule has 9 heterocycles. The van der Waals surface area contributed by atoms with Gasteiger partial charge in [0.2, 0.25) is 35.4 Å². The first-order chi connectivity index (χ1) is 57.9. The molecule has 22 nitrogen and oxygen atoms in total. The molecule has 7 atom stereocenters. The summed E-state index contributed by atoms with van der Waals surface area (Å²) in [4.78, 5) is 136. The SMILES string of the molecule is CC(C)C[C@H](CO)N1C(=O)C(CC(=O)N2CCC(N3Cc4ccccc4NC3=O)CC2)SC1c1ccccc1.Cc1cccc(C)c1C1SC(CC(=O)N2CCC(N3Cc4ccccc4NC3=O)CC2)C(=O)N1CCC(C)C.O=C(CC1SC(c2ccc(F)cc2F)N(CC2CCCCC2)C1=O)N1CCC(N2CCc3ccccc3NC2=O)CC1.[HH].[HH]. The number of thioether (sulfide) groups is 3. The van der Waals surface area contributed by atoms with Crippen LogP contribution in [0.15, 0.2) is 140 Å². The third kappa shape index (κ3) is 20.4. The summed E-state index contributed by atoms with van der Waals surface area (Å²) in [5.74, 6) is -0.330. The number of carbonyl (C=O) groups excluding carboxylic acids is 9. The standard InChI is InChI=1S/C32H38F2N4O3S.C31H40N4O3S.C30H38N4O4S.2H2/c33-23-10-11-25(26(34)18-23)31-38(20-21-6-2-1-3-7-21)30(40)28(42-31)19-29(39)36-15-13-24(14-16-36)37-17-12-22-8-4-5-9-27(22)35-32(37)41;1-20(2)12-17-34-29(37)26(39-30(34)28-21(3)8-7-9-22(28)4)18-27(36)33-15-13-24(14-16-33)35-19-23-10-5-6-11-25(23)32-31(35)38;1-20(2)16-24(19-35)34-28(37)26(39-29(34)21-8-4-3-5-9-21)17-27(36)32-14-12-23(13-15-32)33-18-22-10-6-7-11-25(22)31-30(33)38;;/h4-5,8-11,18,21,24,28,31H,1-3,6-7,12-17,19-20H2,(H,35,41);5-11,20,24,26,30H,12-19H2,1-4H3,(H,32,38);3-11,20,23-24,26,29,35H,12-19H2,1-2H3,(H,31,38);2*1H/t;;24-,26?,29?;;/m..1../s1. The van der Waals surface area contributed by atoms with Crippen molar-refractivity contribution in [2.45, 2.75) is 220 Å². The number of rotatable bonds is 21. The van der Waals surface area contributed by atoms with Crippen molar-refractivity contribution in [3.05, 3.63) is 196 Å². The van der Waals surface area contributed by atoms with Gasteiger partial charge in [0.1, 0.15) is 27.8 Å². The van der Waals surface area contributed by atoms with Gasteiger partial charge in [0.05, 0.1) is 28.4 Å². The van der Waals surface area contributed by atoms with Crippen LogP contribution in [0.3, 0.4) is 0 Å². The van der Waals surface area contributed by atoms with E-state index in [2.05, 4.69) is 75.7 Å². The smallest absolute Gasteiger partial charge is 0.322 e. The molecule has 6 aromatic rings. The maximum Gasteiger partial charge on any atom is 0.322 e. The Morgan fingerprint density at radius 2 is 0.933 bits per heavy atom. The number of hydrogen-bond donors (Lipinski definition) is 4. The van der Waals surface area contributed by atoms with Gasteiger partial charge in [0.25, 0.3) is 0 Å². The number of nitrogens with zero attached hydrogens (tertiary/aromatic N) is 9. The second-order valence-corrected chi connectivity index (χ2v) is 38.5. The van der Waals surface area contributed by atoms with Crippen molar-refractivity contribution >= 4 is 106 Å². The van der Waals surface area contributed by atoms with E-state index in [0.29, 0.717) is 127 Å². The fraction of sp³-hybridized carbons (Fsp3) is 0.516. The van der Waals surface area contributed by atoms with Crippen LogP contribution < -0.4 is 16.0 Å². The highest BCUT2D eigenvalue weighted by Gasteiger charge is 2.49. The van der Waals surface area contributed by atoms with E-state index in [-0.39, 0.29) is 122 Å². The molecule has 120 heavy (non-hydrogen) atoms. The molecule has 16 rings (SSSR count). The molecule has 27 heteroatoms. The monoisotopic (exact) mass is 1700 g/mol. The molecule has 0 spiro atoms. The van der Waals surface area contributed by atoms with Gasteiger partial charge in [0, 0.05) is 141 Å². The number of hydrogen-bond acceptors (Lipinski definition) is 13. The number of halogens is 2. The van der Waals surface area contributed by atoms with Crippen LogP contribution in [0.4, 0.5) is 40.2 Å². The number of anilines is 3. The summed E-state index contributed by atoms with van der Waals surface area (Å²) >= 11 is 4.46. The molecule has 1 aliphatic carbocycles.